The average molecular weight is 298 g/mol. The van der Waals surface area contributed by atoms with Crippen LogP contribution in [-0.2, 0) is 18.9 Å². The Morgan fingerprint density at radius 2 is 1.76 bits per heavy atom. The van der Waals surface area contributed by atoms with Crippen LogP contribution >= 0.6 is 0 Å². The van der Waals surface area contributed by atoms with E-state index in [-0.39, 0.29) is 24.6 Å². The summed E-state index contributed by atoms with van der Waals surface area (Å²) in [5.41, 5.74) is 0. The van der Waals surface area contributed by atoms with Crippen LogP contribution in [0.5, 0.6) is 0 Å². The molecule has 0 aromatic heterocycles. The van der Waals surface area contributed by atoms with Crippen molar-refractivity contribution >= 4 is 0 Å². The molecule has 0 N–H and O–H groups in total. The van der Waals surface area contributed by atoms with E-state index in [4.69, 9.17) is 18.9 Å². The first-order chi connectivity index (χ1) is 10.0. The monoisotopic (exact) mass is 298 g/mol. The van der Waals surface area contributed by atoms with Crippen molar-refractivity contribution in [2.75, 3.05) is 0 Å². The molecule has 2 saturated heterocycles. The summed E-state index contributed by atoms with van der Waals surface area (Å²) in [6, 6.07) is 0. The number of ether oxygens (including phenoxy) is 4. The molecule has 6 atom stereocenters. The highest BCUT2D eigenvalue weighted by molar-refractivity contribution is 4.89. The van der Waals surface area contributed by atoms with E-state index in [0.29, 0.717) is 11.8 Å². The molecule has 0 aromatic carbocycles. The van der Waals surface area contributed by atoms with Gasteiger partial charge in [-0.05, 0) is 31.1 Å². The highest BCUT2D eigenvalue weighted by Crippen LogP contribution is 2.43. The second-order valence-electron chi connectivity index (χ2n) is 7.11. The summed E-state index contributed by atoms with van der Waals surface area (Å²) < 4.78 is 24.5. The maximum Gasteiger partial charge on any atom is 0.282 e. The number of hydrogen-bond donors (Lipinski definition) is 0. The fourth-order valence-corrected chi connectivity index (χ4v) is 4.01. The van der Waals surface area contributed by atoms with Gasteiger partial charge in [0.1, 0.15) is 6.10 Å². The van der Waals surface area contributed by atoms with E-state index < -0.39 is 5.97 Å². The van der Waals surface area contributed by atoms with Gasteiger partial charge >= 0.3 is 0 Å². The van der Waals surface area contributed by atoms with Gasteiger partial charge in [-0.25, -0.2) is 0 Å². The second-order valence-corrected chi connectivity index (χ2v) is 7.11. The molecule has 0 amide bonds. The van der Waals surface area contributed by atoms with Crippen LogP contribution in [0.4, 0.5) is 0 Å². The lowest BCUT2D eigenvalue weighted by Gasteiger charge is -2.39. The number of hydrogen-bond acceptors (Lipinski definition) is 4. The molecule has 2 heterocycles. The Bertz CT molecular complexity index is 355. The molecular weight excluding hydrogens is 268 g/mol. The smallest absolute Gasteiger partial charge is 0.282 e. The van der Waals surface area contributed by atoms with Crippen LogP contribution in [0.15, 0.2) is 0 Å². The first kappa shape index (κ1) is 15.7. The molecule has 0 spiro atoms. The maximum atomic E-state index is 6.16. The normalized spacial score (nSPS) is 48.3. The first-order valence-corrected chi connectivity index (χ1v) is 8.71. The zero-order chi connectivity index (χ0) is 15.0. The van der Waals surface area contributed by atoms with Crippen molar-refractivity contribution in [3.05, 3.63) is 0 Å². The van der Waals surface area contributed by atoms with Gasteiger partial charge in [-0.3, -0.25) is 4.74 Å². The lowest BCUT2D eigenvalue weighted by atomic mass is 9.83. The van der Waals surface area contributed by atoms with Crippen LogP contribution in [-0.4, -0.2) is 30.6 Å². The third kappa shape index (κ3) is 3.14. The minimum Gasteiger partial charge on any atom is -0.346 e. The van der Waals surface area contributed by atoms with Crippen molar-refractivity contribution in [2.45, 2.75) is 96.8 Å². The molecule has 6 unspecified atom stereocenters. The largest absolute Gasteiger partial charge is 0.346 e. The Hall–Kier alpha value is -0.160. The zero-order valence-corrected chi connectivity index (χ0v) is 13.8. The summed E-state index contributed by atoms with van der Waals surface area (Å²) >= 11 is 0. The highest BCUT2D eigenvalue weighted by Gasteiger charge is 2.54. The summed E-state index contributed by atoms with van der Waals surface area (Å²) in [4.78, 5) is 0. The molecule has 21 heavy (non-hydrogen) atoms. The molecule has 4 nitrogen and oxygen atoms in total. The predicted molar refractivity (Wildman–Crippen MR) is 79.6 cm³/mol. The van der Waals surface area contributed by atoms with Crippen LogP contribution in [0.3, 0.4) is 0 Å². The Labute approximate surface area is 128 Å². The second kappa shape index (κ2) is 6.15. The highest BCUT2D eigenvalue weighted by atomic mass is 16.9. The van der Waals surface area contributed by atoms with Gasteiger partial charge in [0, 0.05) is 6.92 Å². The molecule has 3 fully saturated rings. The molecule has 0 aromatic rings. The van der Waals surface area contributed by atoms with E-state index in [2.05, 4.69) is 20.8 Å². The molecule has 3 rings (SSSR count). The predicted octanol–water partition coefficient (Wildman–Crippen LogP) is 3.83. The van der Waals surface area contributed by atoms with E-state index in [1.54, 1.807) is 0 Å². The Morgan fingerprint density at radius 1 is 1.05 bits per heavy atom. The first-order valence-electron chi connectivity index (χ1n) is 8.71. The van der Waals surface area contributed by atoms with Crippen molar-refractivity contribution in [1.29, 1.82) is 0 Å². The summed E-state index contributed by atoms with van der Waals surface area (Å²) in [5, 5.41) is 0. The summed E-state index contributed by atoms with van der Waals surface area (Å²) in [6.07, 6.45) is 7.26. The van der Waals surface area contributed by atoms with Crippen molar-refractivity contribution in [2.24, 2.45) is 11.8 Å². The van der Waals surface area contributed by atoms with Crippen LogP contribution < -0.4 is 0 Å². The molecule has 0 radical (unpaired) electrons. The van der Waals surface area contributed by atoms with Crippen LogP contribution in [0.25, 0.3) is 0 Å². The van der Waals surface area contributed by atoms with Crippen LogP contribution in [0.2, 0.25) is 0 Å². The van der Waals surface area contributed by atoms with E-state index in [0.717, 1.165) is 19.3 Å². The topological polar surface area (TPSA) is 36.9 Å². The molecule has 4 heteroatoms. The van der Waals surface area contributed by atoms with Gasteiger partial charge < -0.3 is 14.2 Å². The molecule has 3 aliphatic rings. The van der Waals surface area contributed by atoms with Crippen LogP contribution in [0.1, 0.15) is 66.2 Å². The van der Waals surface area contributed by atoms with Gasteiger partial charge in [0.2, 0.25) is 0 Å². The lowest BCUT2D eigenvalue weighted by molar-refractivity contribution is -0.360. The molecule has 122 valence electrons. The SMILES string of the molecule is CCC1OC2OC(C)(OC3CCCCC3)OC2C(C)C1C. The molecule has 2 aliphatic heterocycles. The molecular formula is C17H30O4. The Kier molecular flexibility index (Phi) is 4.60. The van der Waals surface area contributed by atoms with Gasteiger partial charge in [0.15, 0.2) is 6.29 Å². The maximum absolute atomic E-state index is 6.16. The molecule has 1 aliphatic carbocycles. The minimum atomic E-state index is -0.937. The van der Waals surface area contributed by atoms with Crippen molar-refractivity contribution in [3.8, 4) is 0 Å². The van der Waals surface area contributed by atoms with Crippen molar-refractivity contribution in [1.82, 2.24) is 0 Å². The van der Waals surface area contributed by atoms with Crippen molar-refractivity contribution in [3.63, 3.8) is 0 Å². The van der Waals surface area contributed by atoms with Crippen molar-refractivity contribution < 1.29 is 18.9 Å². The zero-order valence-electron chi connectivity index (χ0n) is 13.8. The Balaban J connectivity index is 1.65. The van der Waals surface area contributed by atoms with E-state index in [9.17, 15) is 0 Å². The fourth-order valence-electron chi connectivity index (χ4n) is 4.01. The van der Waals surface area contributed by atoms with E-state index in [1.807, 2.05) is 6.92 Å². The molecule has 1 saturated carbocycles. The number of fused-ring (bicyclic) bond motifs is 1. The molecule has 0 bridgehead atoms. The van der Waals surface area contributed by atoms with Gasteiger partial charge in [-0.2, -0.15) is 0 Å². The fraction of sp³-hybridized carbons (Fsp3) is 1.00. The van der Waals surface area contributed by atoms with E-state index in [1.165, 1.54) is 19.3 Å². The lowest BCUT2D eigenvalue weighted by Crippen LogP contribution is -2.47. The van der Waals surface area contributed by atoms with Gasteiger partial charge in [0.25, 0.3) is 5.97 Å². The van der Waals surface area contributed by atoms with Crippen LogP contribution in [0, 0.1) is 11.8 Å². The van der Waals surface area contributed by atoms with Gasteiger partial charge in [-0.15, -0.1) is 0 Å². The average Bonchev–Trinajstić information content (AvgIpc) is 2.80. The standard InChI is InChI=1S/C17H30O4/c1-5-14-11(2)12(3)15-16(18-14)21-17(4,20-15)19-13-9-7-6-8-10-13/h11-16H,5-10H2,1-4H3. The summed E-state index contributed by atoms with van der Waals surface area (Å²) in [7, 11) is 0. The van der Waals surface area contributed by atoms with E-state index >= 15 is 0 Å². The van der Waals surface area contributed by atoms with Gasteiger partial charge in [-0.1, -0.05) is 40.0 Å². The number of rotatable bonds is 3. The summed E-state index contributed by atoms with van der Waals surface area (Å²) in [5.74, 6) is -0.0316. The van der Waals surface area contributed by atoms with Gasteiger partial charge in [0.05, 0.1) is 12.2 Å². The minimum absolute atomic E-state index is 0.0172. The third-order valence-corrected chi connectivity index (χ3v) is 5.53. The third-order valence-electron chi connectivity index (χ3n) is 5.53. The quantitative estimate of drug-likeness (QED) is 0.793. The Morgan fingerprint density at radius 3 is 2.43 bits per heavy atom. The summed E-state index contributed by atoms with van der Waals surface area (Å²) in [6.45, 7) is 8.56.